The minimum atomic E-state index is -0.341. The predicted octanol–water partition coefficient (Wildman–Crippen LogP) is 4.98. The van der Waals surface area contributed by atoms with Crippen LogP contribution in [0.3, 0.4) is 0 Å². The average molecular weight is 319 g/mol. The maximum absolute atomic E-state index is 13.4. The molecule has 5 heteroatoms. The molecule has 106 valence electrons. The molecule has 1 aromatic heterocycles. The van der Waals surface area contributed by atoms with E-state index in [4.69, 9.17) is 11.6 Å². The van der Waals surface area contributed by atoms with E-state index in [1.807, 2.05) is 37.3 Å². The largest absolute Gasteiger partial charge is 0.207 e. The molecule has 3 aromatic rings. The molecule has 0 aliphatic carbocycles. The summed E-state index contributed by atoms with van der Waals surface area (Å²) in [6.45, 7) is 1.92. The number of aryl methyl sites for hydroxylation is 1. The van der Waals surface area contributed by atoms with Gasteiger partial charge >= 0.3 is 0 Å². The second-order valence-electron chi connectivity index (χ2n) is 4.68. The molecule has 0 N–H and O–H groups in total. The fraction of sp³-hybridized carbons (Fsp3) is 0.125. The van der Waals surface area contributed by atoms with E-state index in [2.05, 4.69) is 10.2 Å². The van der Waals surface area contributed by atoms with Crippen molar-refractivity contribution >= 4 is 22.9 Å². The molecule has 0 aliphatic heterocycles. The van der Waals surface area contributed by atoms with Crippen LogP contribution in [0.5, 0.6) is 0 Å². The second-order valence-corrected chi connectivity index (χ2v) is 6.12. The Labute approximate surface area is 131 Å². The topological polar surface area (TPSA) is 25.8 Å². The van der Waals surface area contributed by atoms with Crippen LogP contribution < -0.4 is 0 Å². The zero-order valence-electron chi connectivity index (χ0n) is 11.3. The Balaban J connectivity index is 1.95. The third-order valence-electron chi connectivity index (χ3n) is 3.18. The number of hydrogen-bond acceptors (Lipinski definition) is 3. The molecule has 21 heavy (non-hydrogen) atoms. The van der Waals surface area contributed by atoms with Crippen LogP contribution in [0.4, 0.5) is 4.39 Å². The predicted molar refractivity (Wildman–Crippen MR) is 84.2 cm³/mol. The van der Waals surface area contributed by atoms with Crippen molar-refractivity contribution in [3.05, 3.63) is 70.5 Å². The van der Waals surface area contributed by atoms with E-state index in [-0.39, 0.29) is 11.2 Å². The molecule has 0 aliphatic rings. The molecule has 0 saturated carbocycles. The number of alkyl halides is 1. The highest BCUT2D eigenvalue weighted by molar-refractivity contribution is 7.15. The summed E-state index contributed by atoms with van der Waals surface area (Å²) in [5.74, 6) is -0.280. The fourth-order valence-electron chi connectivity index (χ4n) is 2.04. The minimum Gasteiger partial charge on any atom is -0.207 e. The summed E-state index contributed by atoms with van der Waals surface area (Å²) in [7, 11) is 0. The van der Waals surface area contributed by atoms with Crippen molar-refractivity contribution < 1.29 is 4.39 Å². The van der Waals surface area contributed by atoms with Gasteiger partial charge in [-0.15, -0.1) is 21.8 Å². The summed E-state index contributed by atoms with van der Waals surface area (Å²) in [5.41, 5.74) is 2.69. The van der Waals surface area contributed by atoms with E-state index in [1.165, 1.54) is 23.5 Å². The lowest BCUT2D eigenvalue weighted by atomic mass is 10.1. The maximum atomic E-state index is 13.4. The third-order valence-corrected chi connectivity index (χ3v) is 4.79. The molecule has 0 amide bonds. The smallest absolute Gasteiger partial charge is 0.148 e. The normalized spacial score (nSPS) is 12.3. The Morgan fingerprint density at radius 1 is 1.10 bits per heavy atom. The Kier molecular flexibility index (Phi) is 3.99. The first-order valence-electron chi connectivity index (χ1n) is 6.44. The van der Waals surface area contributed by atoms with E-state index in [0.717, 1.165) is 16.7 Å². The minimum absolute atomic E-state index is 0.280. The molecule has 1 unspecified atom stereocenters. The van der Waals surface area contributed by atoms with Crippen molar-refractivity contribution in [3.63, 3.8) is 0 Å². The van der Waals surface area contributed by atoms with E-state index < -0.39 is 0 Å². The van der Waals surface area contributed by atoms with Gasteiger partial charge in [-0.05, 0) is 30.2 Å². The van der Waals surface area contributed by atoms with Crippen molar-refractivity contribution in [1.29, 1.82) is 0 Å². The molecule has 0 radical (unpaired) electrons. The van der Waals surface area contributed by atoms with Gasteiger partial charge in [0.05, 0.1) is 0 Å². The zero-order chi connectivity index (χ0) is 14.8. The van der Waals surface area contributed by atoms with Crippen molar-refractivity contribution in [3.8, 4) is 10.6 Å². The number of aromatic nitrogens is 2. The van der Waals surface area contributed by atoms with Gasteiger partial charge in [0.1, 0.15) is 21.2 Å². The van der Waals surface area contributed by atoms with Crippen LogP contribution in [0.2, 0.25) is 0 Å². The van der Waals surface area contributed by atoms with Crippen LogP contribution in [0, 0.1) is 12.7 Å². The summed E-state index contributed by atoms with van der Waals surface area (Å²) >= 11 is 7.83. The molecule has 0 saturated heterocycles. The fourth-order valence-corrected chi connectivity index (χ4v) is 3.29. The summed E-state index contributed by atoms with van der Waals surface area (Å²) < 4.78 is 13.4. The first kappa shape index (κ1) is 14.2. The lowest BCUT2D eigenvalue weighted by Crippen LogP contribution is -1.91. The monoisotopic (exact) mass is 318 g/mol. The first-order chi connectivity index (χ1) is 10.1. The molecular weight excluding hydrogens is 307 g/mol. The van der Waals surface area contributed by atoms with Gasteiger partial charge in [0, 0.05) is 5.56 Å². The Hall–Kier alpha value is -1.78. The summed E-state index contributed by atoms with van der Waals surface area (Å²) in [6, 6.07) is 14.4. The lowest BCUT2D eigenvalue weighted by Gasteiger charge is -2.04. The van der Waals surface area contributed by atoms with Gasteiger partial charge in [0.2, 0.25) is 0 Å². The van der Waals surface area contributed by atoms with Crippen LogP contribution in [0.1, 0.15) is 21.5 Å². The van der Waals surface area contributed by atoms with Gasteiger partial charge in [-0.25, -0.2) is 4.39 Å². The zero-order valence-corrected chi connectivity index (χ0v) is 12.8. The molecule has 0 bridgehead atoms. The highest BCUT2D eigenvalue weighted by Gasteiger charge is 2.17. The van der Waals surface area contributed by atoms with Crippen LogP contribution in [0.25, 0.3) is 10.6 Å². The van der Waals surface area contributed by atoms with Crippen molar-refractivity contribution in [2.24, 2.45) is 0 Å². The number of rotatable bonds is 3. The number of nitrogens with zero attached hydrogens (tertiary/aromatic N) is 2. The summed E-state index contributed by atoms with van der Waals surface area (Å²) in [5, 5.41) is 9.36. The lowest BCUT2D eigenvalue weighted by molar-refractivity contribution is 0.628. The number of hydrogen-bond donors (Lipinski definition) is 0. The van der Waals surface area contributed by atoms with Crippen LogP contribution >= 0.6 is 22.9 Å². The molecule has 2 aromatic carbocycles. The van der Waals surface area contributed by atoms with Gasteiger partial charge < -0.3 is 0 Å². The van der Waals surface area contributed by atoms with Gasteiger partial charge in [0.15, 0.2) is 0 Å². The van der Waals surface area contributed by atoms with Crippen LogP contribution in [-0.4, -0.2) is 10.2 Å². The van der Waals surface area contributed by atoms with Crippen LogP contribution in [0.15, 0.2) is 48.5 Å². The molecule has 1 atom stereocenters. The summed E-state index contributed by atoms with van der Waals surface area (Å²) in [6.07, 6.45) is 0. The van der Waals surface area contributed by atoms with Gasteiger partial charge in [-0.3, -0.25) is 0 Å². The number of halogens is 2. The molecule has 2 nitrogen and oxygen atoms in total. The highest BCUT2D eigenvalue weighted by atomic mass is 35.5. The molecule has 3 rings (SSSR count). The van der Waals surface area contributed by atoms with Crippen LogP contribution in [-0.2, 0) is 0 Å². The molecule has 0 fully saturated rings. The molecule has 1 heterocycles. The van der Waals surface area contributed by atoms with E-state index in [1.54, 1.807) is 6.07 Å². The Morgan fingerprint density at radius 2 is 1.86 bits per heavy atom. The first-order valence-corrected chi connectivity index (χ1v) is 7.69. The van der Waals surface area contributed by atoms with E-state index in [9.17, 15) is 4.39 Å². The third kappa shape index (κ3) is 2.96. The highest BCUT2D eigenvalue weighted by Crippen LogP contribution is 2.35. The Morgan fingerprint density at radius 3 is 2.62 bits per heavy atom. The SMILES string of the molecule is Cc1ccc(F)cc1-c1nnc(C(Cl)c2ccccc2)s1. The molecule has 0 spiro atoms. The van der Waals surface area contributed by atoms with E-state index in [0.29, 0.717) is 10.0 Å². The van der Waals surface area contributed by atoms with E-state index >= 15 is 0 Å². The summed E-state index contributed by atoms with van der Waals surface area (Å²) in [4.78, 5) is 0. The van der Waals surface area contributed by atoms with Gasteiger partial charge in [-0.1, -0.05) is 47.7 Å². The quantitative estimate of drug-likeness (QED) is 0.636. The maximum Gasteiger partial charge on any atom is 0.148 e. The average Bonchev–Trinajstić information content (AvgIpc) is 2.99. The second kappa shape index (κ2) is 5.92. The standard InChI is InChI=1S/C16H12ClFN2S/c1-10-7-8-12(18)9-13(10)15-19-20-16(21-15)14(17)11-5-3-2-4-6-11/h2-9,14H,1H3. The Bertz CT molecular complexity index is 758. The van der Waals surface area contributed by atoms with Gasteiger partial charge in [-0.2, -0.15) is 0 Å². The van der Waals surface area contributed by atoms with Crippen molar-refractivity contribution in [2.75, 3.05) is 0 Å². The van der Waals surface area contributed by atoms with Gasteiger partial charge in [0.25, 0.3) is 0 Å². The van der Waals surface area contributed by atoms with Crippen molar-refractivity contribution in [1.82, 2.24) is 10.2 Å². The number of benzene rings is 2. The van der Waals surface area contributed by atoms with Crippen molar-refractivity contribution in [2.45, 2.75) is 12.3 Å². The molecular formula is C16H12ClFN2S.